The number of benzene rings is 1. The molecule has 0 saturated carbocycles. The van der Waals surface area contributed by atoms with Crippen LogP contribution in [0, 0.1) is 6.92 Å². The average Bonchev–Trinajstić information content (AvgIpc) is 2.48. The van der Waals surface area contributed by atoms with Crippen molar-refractivity contribution in [2.45, 2.75) is 13.3 Å². The van der Waals surface area contributed by atoms with E-state index in [1.54, 1.807) is 25.1 Å². The number of nitrogens with one attached hydrogen (secondary N) is 1. The summed E-state index contributed by atoms with van der Waals surface area (Å²) in [5.41, 5.74) is -0.272. The summed E-state index contributed by atoms with van der Waals surface area (Å²) in [4.78, 5) is 30.0. The van der Waals surface area contributed by atoms with E-state index in [-0.39, 0.29) is 12.2 Å². The molecular formula is C15H17N3O4. The second-order valence-corrected chi connectivity index (χ2v) is 4.73. The number of aliphatic hydroxyl groups excluding tert-OH is 1. The molecule has 0 amide bonds. The van der Waals surface area contributed by atoms with Gasteiger partial charge in [0.25, 0.3) is 5.56 Å². The Bertz CT molecular complexity index is 805. The fourth-order valence-corrected chi connectivity index (χ4v) is 2.01. The lowest BCUT2D eigenvalue weighted by atomic mass is 10.2. The van der Waals surface area contributed by atoms with Crippen LogP contribution in [0.2, 0.25) is 0 Å². The van der Waals surface area contributed by atoms with Gasteiger partial charge in [-0.25, -0.2) is 9.36 Å². The van der Waals surface area contributed by atoms with Gasteiger partial charge in [0.05, 0.1) is 5.69 Å². The Morgan fingerprint density at radius 1 is 1.32 bits per heavy atom. The maximum Gasteiger partial charge on any atom is 0.335 e. The Hall–Kier alpha value is -2.67. The Labute approximate surface area is 126 Å². The summed E-state index contributed by atoms with van der Waals surface area (Å²) in [5, 5.41) is 19.0. The number of H-pyrrole nitrogens is 1. The molecule has 7 nitrogen and oxygen atoms in total. The van der Waals surface area contributed by atoms with Crippen molar-refractivity contribution in [3.05, 3.63) is 56.2 Å². The molecule has 0 saturated heterocycles. The number of rotatable bonds is 5. The maximum absolute atomic E-state index is 12.0. The number of aromatic amines is 1. The molecule has 0 unspecified atom stereocenters. The van der Waals surface area contributed by atoms with Crippen LogP contribution in [-0.4, -0.2) is 39.1 Å². The van der Waals surface area contributed by atoms with Gasteiger partial charge in [0, 0.05) is 19.4 Å². The minimum atomic E-state index is -0.718. The Kier molecular flexibility index (Phi) is 4.90. The summed E-state index contributed by atoms with van der Waals surface area (Å²) < 4.78 is 1.03. The van der Waals surface area contributed by atoms with Crippen molar-refractivity contribution in [2.75, 3.05) is 13.2 Å². The summed E-state index contributed by atoms with van der Waals surface area (Å²) in [7, 11) is 0. The fourth-order valence-electron chi connectivity index (χ4n) is 2.01. The van der Waals surface area contributed by atoms with Crippen molar-refractivity contribution in [2.24, 2.45) is 4.99 Å². The standard InChI is InChI=1S/C15H17N3O4/c1-10-5-2-3-6-12(10)18-14(21)11(9-16-7-4-8-19)13(20)17-15(18)22/h2-3,5-6,9,19,21H,4,7-8H2,1H3,(H,17,20,22). The van der Waals surface area contributed by atoms with Crippen LogP contribution in [0.3, 0.4) is 0 Å². The molecule has 0 fully saturated rings. The zero-order valence-electron chi connectivity index (χ0n) is 12.1. The lowest BCUT2D eigenvalue weighted by Crippen LogP contribution is -2.31. The molecule has 22 heavy (non-hydrogen) atoms. The number of aromatic hydroxyl groups is 1. The van der Waals surface area contributed by atoms with E-state index in [0.29, 0.717) is 18.7 Å². The number of aromatic nitrogens is 2. The maximum atomic E-state index is 12.0. The van der Waals surface area contributed by atoms with Crippen molar-refractivity contribution < 1.29 is 10.2 Å². The van der Waals surface area contributed by atoms with Crippen molar-refractivity contribution in [3.8, 4) is 11.6 Å². The summed E-state index contributed by atoms with van der Waals surface area (Å²) in [6.45, 7) is 2.10. The van der Waals surface area contributed by atoms with Crippen LogP contribution < -0.4 is 11.2 Å². The highest BCUT2D eigenvalue weighted by atomic mass is 16.3. The number of nitrogens with zero attached hydrogens (tertiary/aromatic N) is 2. The second kappa shape index (κ2) is 6.86. The van der Waals surface area contributed by atoms with Crippen molar-refractivity contribution in [1.82, 2.24) is 9.55 Å². The molecule has 0 aliphatic rings. The molecule has 3 N–H and O–H groups in total. The van der Waals surface area contributed by atoms with E-state index >= 15 is 0 Å². The van der Waals surface area contributed by atoms with Crippen molar-refractivity contribution in [1.29, 1.82) is 0 Å². The lowest BCUT2D eigenvalue weighted by Gasteiger charge is -2.11. The molecule has 1 aromatic heterocycles. The fraction of sp³-hybridized carbons (Fsp3) is 0.267. The minimum absolute atomic E-state index is 0.0115. The normalized spacial score (nSPS) is 11.2. The predicted molar refractivity (Wildman–Crippen MR) is 83.2 cm³/mol. The van der Waals surface area contributed by atoms with E-state index in [1.165, 1.54) is 6.21 Å². The molecule has 1 heterocycles. The zero-order chi connectivity index (χ0) is 16.1. The van der Waals surface area contributed by atoms with Crippen LogP contribution in [0.25, 0.3) is 5.69 Å². The number of aliphatic hydroxyl groups is 1. The Morgan fingerprint density at radius 3 is 2.73 bits per heavy atom. The van der Waals surface area contributed by atoms with Crippen molar-refractivity contribution >= 4 is 6.21 Å². The van der Waals surface area contributed by atoms with Gasteiger partial charge in [-0.05, 0) is 25.0 Å². The Balaban J connectivity index is 2.57. The molecule has 0 bridgehead atoms. The van der Waals surface area contributed by atoms with Crippen LogP contribution in [0.5, 0.6) is 5.88 Å². The van der Waals surface area contributed by atoms with E-state index in [4.69, 9.17) is 5.11 Å². The second-order valence-electron chi connectivity index (χ2n) is 4.73. The quantitative estimate of drug-likeness (QED) is 0.547. The van der Waals surface area contributed by atoms with E-state index in [2.05, 4.69) is 9.98 Å². The van der Waals surface area contributed by atoms with Gasteiger partial charge in [-0.15, -0.1) is 0 Å². The number of hydrogen-bond donors (Lipinski definition) is 3. The topological polar surface area (TPSA) is 108 Å². The van der Waals surface area contributed by atoms with E-state index in [1.807, 2.05) is 6.07 Å². The third kappa shape index (κ3) is 3.15. The number of aryl methyl sites for hydroxylation is 1. The van der Waals surface area contributed by atoms with Gasteiger partial charge < -0.3 is 10.2 Å². The monoisotopic (exact) mass is 303 g/mol. The highest BCUT2D eigenvalue weighted by molar-refractivity contribution is 5.82. The lowest BCUT2D eigenvalue weighted by molar-refractivity contribution is 0.291. The van der Waals surface area contributed by atoms with Crippen LogP contribution in [-0.2, 0) is 0 Å². The summed E-state index contributed by atoms with van der Waals surface area (Å²) in [6.07, 6.45) is 1.66. The third-order valence-electron chi connectivity index (χ3n) is 3.14. The van der Waals surface area contributed by atoms with Crippen LogP contribution in [0.1, 0.15) is 17.5 Å². The molecule has 0 radical (unpaired) electrons. The van der Waals surface area contributed by atoms with E-state index in [9.17, 15) is 14.7 Å². The van der Waals surface area contributed by atoms with Crippen molar-refractivity contribution in [3.63, 3.8) is 0 Å². The largest absolute Gasteiger partial charge is 0.493 e. The molecule has 7 heteroatoms. The molecule has 2 rings (SSSR count). The summed E-state index contributed by atoms with van der Waals surface area (Å²) >= 11 is 0. The van der Waals surface area contributed by atoms with Gasteiger partial charge in [-0.3, -0.25) is 14.8 Å². The SMILES string of the molecule is Cc1ccccc1-n1c(O)c(C=NCCCO)c(=O)[nH]c1=O. The molecule has 1 aromatic carbocycles. The Morgan fingerprint density at radius 2 is 2.05 bits per heavy atom. The molecule has 0 aliphatic heterocycles. The highest BCUT2D eigenvalue weighted by Gasteiger charge is 2.15. The first-order chi connectivity index (χ1) is 10.6. The first-order valence-corrected chi connectivity index (χ1v) is 6.81. The number of para-hydroxylation sites is 1. The molecule has 0 atom stereocenters. The first kappa shape index (κ1) is 15.7. The van der Waals surface area contributed by atoms with Gasteiger partial charge in [0.1, 0.15) is 5.56 Å². The first-order valence-electron chi connectivity index (χ1n) is 6.81. The van der Waals surface area contributed by atoms with Gasteiger partial charge >= 0.3 is 5.69 Å². The average molecular weight is 303 g/mol. The van der Waals surface area contributed by atoms with E-state index < -0.39 is 17.1 Å². The minimum Gasteiger partial charge on any atom is -0.493 e. The van der Waals surface area contributed by atoms with Crippen LogP contribution >= 0.6 is 0 Å². The number of aliphatic imine (C=N–C) groups is 1. The third-order valence-corrected chi connectivity index (χ3v) is 3.14. The molecule has 116 valence electrons. The zero-order valence-corrected chi connectivity index (χ0v) is 12.1. The van der Waals surface area contributed by atoms with Gasteiger partial charge in [-0.2, -0.15) is 0 Å². The van der Waals surface area contributed by atoms with Gasteiger partial charge in [0.15, 0.2) is 0 Å². The molecule has 2 aromatic rings. The van der Waals surface area contributed by atoms with Gasteiger partial charge in [-0.1, -0.05) is 18.2 Å². The van der Waals surface area contributed by atoms with Crippen LogP contribution in [0.15, 0.2) is 38.8 Å². The van der Waals surface area contributed by atoms with Gasteiger partial charge in [0.2, 0.25) is 5.88 Å². The molecule has 0 spiro atoms. The number of hydrogen-bond acceptors (Lipinski definition) is 5. The molecule has 0 aliphatic carbocycles. The predicted octanol–water partition coefficient (Wildman–Crippen LogP) is 0.341. The highest BCUT2D eigenvalue weighted by Crippen LogP contribution is 2.18. The smallest absolute Gasteiger partial charge is 0.335 e. The van der Waals surface area contributed by atoms with Crippen LogP contribution in [0.4, 0.5) is 0 Å². The molecular weight excluding hydrogens is 286 g/mol. The van der Waals surface area contributed by atoms with E-state index in [0.717, 1.165) is 10.1 Å². The summed E-state index contributed by atoms with van der Waals surface area (Å²) in [6, 6.07) is 7.00. The summed E-state index contributed by atoms with van der Waals surface area (Å²) in [5.74, 6) is -0.462.